The number of nitrogens with zero attached hydrogens (tertiary/aromatic N) is 1. The van der Waals surface area contributed by atoms with E-state index in [1.165, 1.54) is 18.3 Å². The molecule has 1 amide bonds. The molecule has 1 aliphatic carbocycles. The second-order valence-electron chi connectivity index (χ2n) is 9.12. The molecule has 1 saturated carbocycles. The van der Waals surface area contributed by atoms with Gasteiger partial charge in [0.2, 0.25) is 18.0 Å². The SMILES string of the molecule is CC[C@@H]1[C@H](O)[C@H](NC)[C@H]2O[C@]3(O)[C@H](O[C@@H]2[C@H]1O)O[C@H](C)C[C@H]3NC(=O)Cc1ccc(O)cn1. The Bertz CT molecular complexity index is 841. The number of rotatable bonds is 5. The van der Waals surface area contributed by atoms with Gasteiger partial charge in [-0.15, -0.1) is 0 Å². The maximum atomic E-state index is 12.7. The lowest BCUT2D eigenvalue weighted by Gasteiger charge is -2.58. The second-order valence-corrected chi connectivity index (χ2v) is 9.12. The molecule has 10 atom stereocenters. The van der Waals surface area contributed by atoms with Gasteiger partial charge in [0.1, 0.15) is 18.0 Å². The van der Waals surface area contributed by atoms with Gasteiger partial charge in [-0.05, 0) is 38.9 Å². The fourth-order valence-corrected chi connectivity index (χ4v) is 5.17. The third kappa shape index (κ3) is 4.46. The number of amides is 1. The average Bonchev–Trinajstić information content (AvgIpc) is 2.76. The van der Waals surface area contributed by atoms with Gasteiger partial charge in [-0.1, -0.05) is 6.92 Å². The number of nitrogens with one attached hydrogen (secondary N) is 2. The van der Waals surface area contributed by atoms with E-state index < -0.39 is 60.4 Å². The van der Waals surface area contributed by atoms with Crippen molar-refractivity contribution in [2.24, 2.45) is 5.92 Å². The number of likely N-dealkylation sites (N-methyl/N-ethyl adjacent to an activating group) is 1. The summed E-state index contributed by atoms with van der Waals surface area (Å²) in [5, 5.41) is 48.4. The predicted octanol–water partition coefficient (Wildman–Crippen LogP) is -1.23. The Hall–Kier alpha value is -1.86. The first kappa shape index (κ1) is 24.3. The molecule has 1 aromatic heterocycles. The molecule has 3 fully saturated rings. The fourth-order valence-electron chi connectivity index (χ4n) is 5.17. The van der Waals surface area contributed by atoms with Crippen LogP contribution in [0, 0.1) is 5.92 Å². The molecule has 184 valence electrons. The van der Waals surface area contributed by atoms with Crippen molar-refractivity contribution in [2.45, 2.75) is 87.8 Å². The zero-order valence-corrected chi connectivity index (χ0v) is 18.9. The van der Waals surface area contributed by atoms with Gasteiger partial charge in [-0.2, -0.15) is 0 Å². The predicted molar refractivity (Wildman–Crippen MR) is 114 cm³/mol. The molecular weight excluding hydrogens is 434 g/mol. The van der Waals surface area contributed by atoms with E-state index in [0.717, 1.165) is 0 Å². The molecule has 11 nitrogen and oxygen atoms in total. The molecule has 2 saturated heterocycles. The van der Waals surface area contributed by atoms with Crippen LogP contribution in [0.4, 0.5) is 0 Å². The highest BCUT2D eigenvalue weighted by molar-refractivity contribution is 5.78. The second kappa shape index (κ2) is 9.41. The van der Waals surface area contributed by atoms with Crippen LogP contribution < -0.4 is 10.6 Å². The van der Waals surface area contributed by atoms with E-state index in [4.69, 9.17) is 14.2 Å². The highest BCUT2D eigenvalue weighted by Gasteiger charge is 2.63. The highest BCUT2D eigenvalue weighted by atomic mass is 16.8. The molecule has 11 heteroatoms. The molecule has 4 rings (SSSR count). The minimum absolute atomic E-state index is 0.00173. The van der Waals surface area contributed by atoms with Crippen molar-refractivity contribution >= 4 is 5.91 Å². The molecular formula is C22H33N3O8. The number of hydrogen-bond donors (Lipinski definition) is 6. The largest absolute Gasteiger partial charge is 0.506 e. The van der Waals surface area contributed by atoms with Gasteiger partial charge >= 0.3 is 0 Å². The van der Waals surface area contributed by atoms with Gasteiger partial charge in [-0.3, -0.25) is 9.78 Å². The Balaban J connectivity index is 1.55. The Morgan fingerprint density at radius 2 is 2.00 bits per heavy atom. The van der Waals surface area contributed by atoms with E-state index in [0.29, 0.717) is 12.1 Å². The van der Waals surface area contributed by atoms with Crippen LogP contribution in [0.2, 0.25) is 0 Å². The van der Waals surface area contributed by atoms with Gasteiger partial charge in [0.25, 0.3) is 0 Å². The van der Waals surface area contributed by atoms with Crippen molar-refractivity contribution in [1.82, 2.24) is 15.6 Å². The van der Waals surface area contributed by atoms with Crippen LogP contribution in [0.3, 0.4) is 0 Å². The number of carbonyl (C=O) groups excluding carboxylic acids is 1. The van der Waals surface area contributed by atoms with Crippen molar-refractivity contribution in [3.8, 4) is 5.75 Å². The number of ether oxygens (including phenoxy) is 3. The van der Waals surface area contributed by atoms with Crippen molar-refractivity contribution in [3.05, 3.63) is 24.0 Å². The molecule has 0 spiro atoms. The summed E-state index contributed by atoms with van der Waals surface area (Å²) < 4.78 is 18.0. The van der Waals surface area contributed by atoms with Crippen LogP contribution in [0.5, 0.6) is 5.75 Å². The Morgan fingerprint density at radius 3 is 2.64 bits per heavy atom. The first-order chi connectivity index (χ1) is 15.7. The van der Waals surface area contributed by atoms with Crippen molar-refractivity contribution in [2.75, 3.05) is 7.05 Å². The first-order valence-electron chi connectivity index (χ1n) is 11.4. The van der Waals surface area contributed by atoms with Gasteiger partial charge in [-0.25, -0.2) is 0 Å². The number of fused-ring (bicyclic) bond motifs is 2. The summed E-state index contributed by atoms with van der Waals surface area (Å²) in [4.78, 5) is 16.7. The van der Waals surface area contributed by atoms with Crippen molar-refractivity contribution in [3.63, 3.8) is 0 Å². The number of hydrogen-bond acceptors (Lipinski definition) is 10. The topological polar surface area (TPSA) is 163 Å². The van der Waals surface area contributed by atoms with Crippen LogP contribution >= 0.6 is 0 Å². The van der Waals surface area contributed by atoms with Crippen molar-refractivity contribution < 1.29 is 39.4 Å². The number of pyridine rings is 1. The molecule has 0 radical (unpaired) electrons. The molecule has 3 aliphatic rings. The summed E-state index contributed by atoms with van der Waals surface area (Å²) in [6, 6.07) is 1.50. The standard InChI is InChI=1S/C22H33N3O8/c1-4-13-17(28)16(23-3)19-20(18(13)29)32-21-22(30,33-19)14(7-10(2)31-21)25-15(27)8-11-5-6-12(26)9-24-11/h5-6,9-10,13-14,16-21,23,26,28-30H,4,7-8H2,1-3H3,(H,25,27)/t10-,13-,14-,16+,17+,18+,19-,20-,21+,22+/m1/s1. The molecule has 3 heterocycles. The highest BCUT2D eigenvalue weighted by Crippen LogP contribution is 2.43. The lowest BCUT2D eigenvalue weighted by molar-refractivity contribution is -0.450. The molecule has 33 heavy (non-hydrogen) atoms. The van der Waals surface area contributed by atoms with Crippen LogP contribution in [0.25, 0.3) is 0 Å². The molecule has 0 aromatic carbocycles. The fraction of sp³-hybridized carbons (Fsp3) is 0.727. The minimum Gasteiger partial charge on any atom is -0.506 e. The summed E-state index contributed by atoms with van der Waals surface area (Å²) in [7, 11) is 1.66. The summed E-state index contributed by atoms with van der Waals surface area (Å²) in [6.45, 7) is 3.67. The summed E-state index contributed by atoms with van der Waals surface area (Å²) in [5.41, 5.74) is 0.453. The number of aliphatic hydroxyl groups excluding tert-OH is 2. The monoisotopic (exact) mass is 467 g/mol. The molecule has 2 aliphatic heterocycles. The van der Waals surface area contributed by atoms with Crippen LogP contribution in [0.15, 0.2) is 18.3 Å². The molecule has 1 aromatic rings. The normalized spacial score (nSPS) is 42.8. The van der Waals surface area contributed by atoms with E-state index in [2.05, 4.69) is 15.6 Å². The Labute approximate surface area is 192 Å². The van der Waals surface area contributed by atoms with E-state index >= 15 is 0 Å². The van der Waals surface area contributed by atoms with Crippen molar-refractivity contribution in [1.29, 1.82) is 0 Å². The smallest absolute Gasteiger partial charge is 0.239 e. The Kier molecular flexibility index (Phi) is 6.92. The Morgan fingerprint density at radius 1 is 1.24 bits per heavy atom. The van der Waals surface area contributed by atoms with Crippen LogP contribution in [0.1, 0.15) is 32.4 Å². The maximum absolute atomic E-state index is 12.7. The van der Waals surface area contributed by atoms with E-state index in [-0.39, 0.29) is 24.7 Å². The maximum Gasteiger partial charge on any atom is 0.239 e. The zero-order chi connectivity index (χ0) is 23.9. The third-order valence-electron chi connectivity index (χ3n) is 6.92. The van der Waals surface area contributed by atoms with Crippen LogP contribution in [-0.4, -0.2) is 93.0 Å². The number of carbonyl (C=O) groups is 1. The number of aromatic hydroxyl groups is 1. The van der Waals surface area contributed by atoms with E-state index in [1.54, 1.807) is 14.0 Å². The summed E-state index contributed by atoms with van der Waals surface area (Å²) >= 11 is 0. The molecule has 6 N–H and O–H groups in total. The van der Waals surface area contributed by atoms with E-state index in [9.17, 15) is 25.2 Å². The minimum atomic E-state index is -2.03. The van der Waals surface area contributed by atoms with Gasteiger partial charge in [0.15, 0.2) is 0 Å². The summed E-state index contributed by atoms with van der Waals surface area (Å²) in [5.74, 6) is -2.87. The van der Waals surface area contributed by atoms with Gasteiger partial charge in [0.05, 0.1) is 43.0 Å². The van der Waals surface area contributed by atoms with Gasteiger partial charge in [0, 0.05) is 11.6 Å². The van der Waals surface area contributed by atoms with Gasteiger partial charge < -0.3 is 45.3 Å². The quantitative estimate of drug-likeness (QED) is 0.309. The summed E-state index contributed by atoms with van der Waals surface area (Å²) in [6.07, 6.45) is -3.26. The third-order valence-corrected chi connectivity index (χ3v) is 6.92. The van der Waals surface area contributed by atoms with Crippen LogP contribution in [-0.2, 0) is 25.4 Å². The van der Waals surface area contributed by atoms with E-state index in [1.807, 2.05) is 6.92 Å². The first-order valence-corrected chi connectivity index (χ1v) is 11.4. The molecule has 0 bridgehead atoms. The average molecular weight is 468 g/mol. The number of aromatic nitrogens is 1. The molecule has 0 unspecified atom stereocenters. The number of aliphatic hydroxyl groups is 3. The lowest BCUT2D eigenvalue weighted by atomic mass is 9.74. The zero-order valence-electron chi connectivity index (χ0n) is 18.9. The lowest BCUT2D eigenvalue weighted by Crippen LogP contribution is -2.77.